The van der Waals surface area contributed by atoms with Gasteiger partial charge in [-0.15, -0.1) is 10.2 Å². The topological polar surface area (TPSA) is 69.0 Å². The minimum atomic E-state index is 0.572. The highest BCUT2D eigenvalue weighted by Crippen LogP contribution is 2.08. The molecule has 0 bridgehead atoms. The second-order valence-electron chi connectivity index (χ2n) is 4.38. The fourth-order valence-corrected chi connectivity index (χ4v) is 1.99. The number of nitrogens with zero attached hydrogens (tertiary/aromatic N) is 6. The van der Waals surface area contributed by atoms with Crippen molar-refractivity contribution in [2.24, 2.45) is 0 Å². The molecule has 0 amide bonds. The number of aromatic nitrogens is 5. The summed E-state index contributed by atoms with van der Waals surface area (Å²) < 4.78 is 5.31. The van der Waals surface area contributed by atoms with E-state index in [9.17, 15) is 0 Å². The Balaban J connectivity index is 1.59. The van der Waals surface area contributed by atoms with E-state index in [4.69, 9.17) is 4.74 Å². The van der Waals surface area contributed by atoms with Gasteiger partial charge in [-0.2, -0.15) is 4.80 Å². The first-order valence-electron chi connectivity index (χ1n) is 6.41. The molecule has 19 heavy (non-hydrogen) atoms. The molecule has 2 aromatic rings. The van der Waals surface area contributed by atoms with Gasteiger partial charge in [-0.3, -0.25) is 9.88 Å². The van der Waals surface area contributed by atoms with Crippen LogP contribution in [0.5, 0.6) is 0 Å². The quantitative estimate of drug-likeness (QED) is 0.774. The molecule has 1 fully saturated rings. The van der Waals surface area contributed by atoms with Crippen molar-refractivity contribution < 1.29 is 4.74 Å². The van der Waals surface area contributed by atoms with E-state index < -0.39 is 0 Å². The van der Waals surface area contributed by atoms with Crippen molar-refractivity contribution in [1.82, 2.24) is 30.1 Å². The normalized spacial score (nSPS) is 16.6. The molecule has 0 atom stereocenters. The Labute approximate surface area is 111 Å². The Bertz CT molecular complexity index is 508. The number of pyridine rings is 1. The highest BCUT2D eigenvalue weighted by atomic mass is 16.5. The summed E-state index contributed by atoms with van der Waals surface area (Å²) in [5, 5.41) is 12.4. The summed E-state index contributed by atoms with van der Waals surface area (Å²) in [6, 6.07) is 5.66. The molecule has 0 aromatic carbocycles. The molecule has 1 saturated heterocycles. The lowest BCUT2D eigenvalue weighted by molar-refractivity contribution is 0.0354. The number of hydrogen-bond donors (Lipinski definition) is 0. The monoisotopic (exact) mass is 260 g/mol. The predicted octanol–water partition coefficient (Wildman–Crippen LogP) is 0.0673. The predicted molar refractivity (Wildman–Crippen MR) is 68.3 cm³/mol. The van der Waals surface area contributed by atoms with Crippen LogP contribution >= 0.6 is 0 Å². The molecule has 0 aliphatic carbocycles. The summed E-state index contributed by atoms with van der Waals surface area (Å²) in [4.78, 5) is 8.17. The first kappa shape index (κ1) is 12.2. The third-order valence-electron chi connectivity index (χ3n) is 3.07. The lowest BCUT2D eigenvalue weighted by Gasteiger charge is -2.25. The zero-order valence-electron chi connectivity index (χ0n) is 10.6. The van der Waals surface area contributed by atoms with Gasteiger partial charge >= 0.3 is 0 Å². The fraction of sp³-hybridized carbons (Fsp3) is 0.500. The Morgan fingerprint density at radius 2 is 2.05 bits per heavy atom. The summed E-state index contributed by atoms with van der Waals surface area (Å²) in [5.74, 6) is 0.572. The van der Waals surface area contributed by atoms with Crippen molar-refractivity contribution >= 4 is 0 Å². The van der Waals surface area contributed by atoms with Crippen LogP contribution in [0.15, 0.2) is 24.4 Å². The minimum absolute atomic E-state index is 0.572. The lowest BCUT2D eigenvalue weighted by atomic mass is 10.3. The second-order valence-corrected chi connectivity index (χ2v) is 4.38. The molecule has 0 unspecified atom stereocenters. The summed E-state index contributed by atoms with van der Waals surface area (Å²) in [6.45, 7) is 5.22. The van der Waals surface area contributed by atoms with Crippen molar-refractivity contribution in [3.8, 4) is 11.5 Å². The van der Waals surface area contributed by atoms with Crippen LogP contribution in [0.3, 0.4) is 0 Å². The van der Waals surface area contributed by atoms with Gasteiger partial charge in [-0.05, 0) is 17.3 Å². The molecule has 0 spiro atoms. The Morgan fingerprint density at radius 3 is 2.84 bits per heavy atom. The smallest absolute Gasteiger partial charge is 0.223 e. The van der Waals surface area contributed by atoms with E-state index >= 15 is 0 Å². The zero-order valence-corrected chi connectivity index (χ0v) is 10.6. The average molecular weight is 260 g/mol. The molecule has 2 aromatic heterocycles. The van der Waals surface area contributed by atoms with E-state index in [0.29, 0.717) is 5.82 Å². The minimum Gasteiger partial charge on any atom is -0.379 e. The molecule has 0 saturated carbocycles. The largest absolute Gasteiger partial charge is 0.379 e. The van der Waals surface area contributed by atoms with E-state index in [0.717, 1.165) is 45.1 Å². The molecular formula is C12H16N6O. The van der Waals surface area contributed by atoms with Crippen molar-refractivity contribution in [1.29, 1.82) is 0 Å². The molecule has 0 N–H and O–H groups in total. The molecule has 3 rings (SSSR count). The van der Waals surface area contributed by atoms with Gasteiger partial charge in [0, 0.05) is 25.8 Å². The molecule has 0 radical (unpaired) electrons. The van der Waals surface area contributed by atoms with Gasteiger partial charge in [0.05, 0.1) is 19.8 Å². The van der Waals surface area contributed by atoms with E-state index in [1.165, 1.54) is 0 Å². The molecule has 3 heterocycles. The molecular weight excluding hydrogens is 244 g/mol. The third-order valence-corrected chi connectivity index (χ3v) is 3.07. The van der Waals surface area contributed by atoms with Crippen LogP contribution in [0.2, 0.25) is 0 Å². The number of tetrazole rings is 1. The number of rotatable bonds is 4. The van der Waals surface area contributed by atoms with Crippen molar-refractivity contribution in [2.75, 3.05) is 32.8 Å². The van der Waals surface area contributed by atoms with Crippen molar-refractivity contribution in [3.63, 3.8) is 0 Å². The maximum Gasteiger partial charge on any atom is 0.223 e. The van der Waals surface area contributed by atoms with E-state index in [1.807, 2.05) is 18.2 Å². The third kappa shape index (κ3) is 3.12. The van der Waals surface area contributed by atoms with E-state index in [2.05, 4.69) is 25.3 Å². The Hall–Kier alpha value is -1.86. The lowest BCUT2D eigenvalue weighted by Crippen LogP contribution is -2.38. The van der Waals surface area contributed by atoms with Crippen LogP contribution in [0.25, 0.3) is 11.5 Å². The molecule has 1 aliphatic rings. The first-order chi connectivity index (χ1) is 9.42. The van der Waals surface area contributed by atoms with Crippen LogP contribution in [-0.2, 0) is 11.3 Å². The summed E-state index contributed by atoms with van der Waals surface area (Å²) >= 11 is 0. The van der Waals surface area contributed by atoms with E-state index in [1.54, 1.807) is 11.0 Å². The molecule has 7 heteroatoms. The van der Waals surface area contributed by atoms with Crippen LogP contribution in [0, 0.1) is 0 Å². The molecule has 100 valence electrons. The second kappa shape index (κ2) is 5.85. The SMILES string of the molecule is c1ccc(-c2nnn(CCN3CCOCC3)n2)nc1. The van der Waals surface area contributed by atoms with Crippen molar-refractivity contribution in [2.45, 2.75) is 6.54 Å². The van der Waals surface area contributed by atoms with Crippen LogP contribution in [-0.4, -0.2) is 62.9 Å². The maximum atomic E-state index is 5.31. The van der Waals surface area contributed by atoms with Gasteiger partial charge in [-0.25, -0.2) is 0 Å². The number of ether oxygens (including phenoxy) is 1. The number of morpholine rings is 1. The van der Waals surface area contributed by atoms with Crippen LogP contribution in [0.1, 0.15) is 0 Å². The average Bonchev–Trinajstić information content (AvgIpc) is 2.96. The summed E-state index contributed by atoms with van der Waals surface area (Å²) in [6.07, 6.45) is 1.73. The van der Waals surface area contributed by atoms with Gasteiger partial charge in [0.1, 0.15) is 5.69 Å². The van der Waals surface area contributed by atoms with Gasteiger partial charge in [0.25, 0.3) is 0 Å². The Kier molecular flexibility index (Phi) is 3.75. The van der Waals surface area contributed by atoms with Gasteiger partial charge in [0.15, 0.2) is 0 Å². The zero-order chi connectivity index (χ0) is 12.9. The highest BCUT2D eigenvalue weighted by molar-refractivity contribution is 5.46. The van der Waals surface area contributed by atoms with E-state index in [-0.39, 0.29) is 0 Å². The molecule has 7 nitrogen and oxygen atoms in total. The highest BCUT2D eigenvalue weighted by Gasteiger charge is 2.11. The molecule has 1 aliphatic heterocycles. The van der Waals surface area contributed by atoms with Gasteiger partial charge < -0.3 is 4.74 Å². The fourth-order valence-electron chi connectivity index (χ4n) is 1.99. The van der Waals surface area contributed by atoms with Gasteiger partial charge in [-0.1, -0.05) is 6.07 Å². The summed E-state index contributed by atoms with van der Waals surface area (Å²) in [7, 11) is 0. The standard InChI is InChI=1S/C12H16N6O/c1-2-4-13-11(3-1)12-14-16-18(15-12)6-5-17-7-9-19-10-8-17/h1-4H,5-10H2. The van der Waals surface area contributed by atoms with Gasteiger partial charge in [0.2, 0.25) is 5.82 Å². The summed E-state index contributed by atoms with van der Waals surface area (Å²) in [5.41, 5.74) is 0.750. The number of hydrogen-bond acceptors (Lipinski definition) is 6. The van der Waals surface area contributed by atoms with Crippen LogP contribution in [0.4, 0.5) is 0 Å². The first-order valence-corrected chi connectivity index (χ1v) is 6.41. The van der Waals surface area contributed by atoms with Crippen molar-refractivity contribution in [3.05, 3.63) is 24.4 Å². The van der Waals surface area contributed by atoms with Crippen LogP contribution < -0.4 is 0 Å². The Morgan fingerprint density at radius 1 is 1.16 bits per heavy atom. The maximum absolute atomic E-state index is 5.31.